The average Bonchev–Trinajstić information content (AvgIpc) is 2.43. The number of hydrogen-bond donors (Lipinski definition) is 1. The SMILES string of the molecule is COCCC(C)Nc1cc(C(=O)N(C)C)ccc1[N+](=O)[O-]. The third-order valence-corrected chi connectivity index (χ3v) is 3.00. The molecule has 0 radical (unpaired) electrons. The van der Waals surface area contributed by atoms with Crippen LogP contribution >= 0.6 is 0 Å². The van der Waals surface area contributed by atoms with Crippen molar-refractivity contribution in [3.63, 3.8) is 0 Å². The van der Waals surface area contributed by atoms with E-state index in [2.05, 4.69) is 5.32 Å². The second kappa shape index (κ2) is 7.58. The van der Waals surface area contributed by atoms with E-state index in [1.165, 1.54) is 23.1 Å². The Morgan fingerprint density at radius 1 is 1.48 bits per heavy atom. The molecule has 1 N–H and O–H groups in total. The highest BCUT2D eigenvalue weighted by molar-refractivity contribution is 5.95. The Balaban J connectivity index is 3.04. The van der Waals surface area contributed by atoms with Gasteiger partial charge in [0.1, 0.15) is 5.69 Å². The number of nitrogens with one attached hydrogen (secondary N) is 1. The number of carbonyl (C=O) groups is 1. The van der Waals surface area contributed by atoms with Gasteiger partial charge in [-0.05, 0) is 25.5 Å². The van der Waals surface area contributed by atoms with Gasteiger partial charge in [-0.15, -0.1) is 0 Å². The summed E-state index contributed by atoms with van der Waals surface area (Å²) in [5.74, 6) is -0.197. The molecular weight excluding hydrogens is 274 g/mol. The number of anilines is 1. The Kier molecular flexibility index (Phi) is 6.10. The largest absolute Gasteiger partial charge is 0.385 e. The molecule has 0 saturated carbocycles. The van der Waals surface area contributed by atoms with Crippen LogP contribution in [0.4, 0.5) is 11.4 Å². The minimum atomic E-state index is -0.463. The maximum Gasteiger partial charge on any atom is 0.292 e. The predicted octanol–water partition coefficient (Wildman–Crippen LogP) is 2.13. The first kappa shape index (κ1) is 16.9. The summed E-state index contributed by atoms with van der Waals surface area (Å²) in [5, 5.41) is 14.1. The van der Waals surface area contributed by atoms with Crippen molar-refractivity contribution in [3.8, 4) is 0 Å². The van der Waals surface area contributed by atoms with Crippen LogP contribution in [0.5, 0.6) is 0 Å². The standard InChI is InChI=1S/C14H21N3O4/c1-10(7-8-21-4)15-12-9-11(14(18)16(2)3)5-6-13(12)17(19)20/h5-6,9-10,15H,7-8H2,1-4H3. The van der Waals surface area contributed by atoms with E-state index in [4.69, 9.17) is 4.74 Å². The molecule has 1 aromatic carbocycles. The van der Waals surface area contributed by atoms with E-state index >= 15 is 0 Å². The zero-order valence-corrected chi connectivity index (χ0v) is 12.8. The van der Waals surface area contributed by atoms with E-state index in [0.717, 1.165) is 0 Å². The number of carbonyl (C=O) groups excluding carboxylic acids is 1. The number of nitro benzene ring substituents is 1. The molecule has 1 rings (SSSR count). The highest BCUT2D eigenvalue weighted by Crippen LogP contribution is 2.27. The molecule has 1 unspecified atom stereocenters. The number of amides is 1. The summed E-state index contributed by atoms with van der Waals surface area (Å²) in [6.07, 6.45) is 0.708. The molecule has 0 saturated heterocycles. The molecule has 0 aliphatic heterocycles. The maximum atomic E-state index is 11.9. The summed E-state index contributed by atoms with van der Waals surface area (Å²) >= 11 is 0. The smallest absolute Gasteiger partial charge is 0.292 e. The molecule has 7 heteroatoms. The summed E-state index contributed by atoms with van der Waals surface area (Å²) in [6, 6.07) is 4.32. The van der Waals surface area contributed by atoms with E-state index < -0.39 is 4.92 Å². The van der Waals surface area contributed by atoms with Crippen molar-refractivity contribution < 1.29 is 14.5 Å². The first-order chi connectivity index (χ1) is 9.86. The third-order valence-electron chi connectivity index (χ3n) is 3.00. The number of benzene rings is 1. The molecule has 0 aliphatic rings. The first-order valence-electron chi connectivity index (χ1n) is 6.62. The van der Waals surface area contributed by atoms with Crippen LogP contribution in [0.25, 0.3) is 0 Å². The average molecular weight is 295 g/mol. The molecule has 0 aromatic heterocycles. The number of methoxy groups -OCH3 is 1. The predicted molar refractivity (Wildman–Crippen MR) is 80.7 cm³/mol. The van der Waals surface area contributed by atoms with Crippen molar-refractivity contribution >= 4 is 17.3 Å². The van der Waals surface area contributed by atoms with Crippen LogP contribution in [0.3, 0.4) is 0 Å². The van der Waals surface area contributed by atoms with Crippen molar-refractivity contribution in [1.29, 1.82) is 0 Å². The van der Waals surface area contributed by atoms with Crippen LogP contribution in [0.2, 0.25) is 0 Å². The summed E-state index contributed by atoms with van der Waals surface area (Å²) in [7, 11) is 4.88. The number of ether oxygens (including phenoxy) is 1. The fourth-order valence-electron chi connectivity index (χ4n) is 1.83. The van der Waals surface area contributed by atoms with Crippen LogP contribution in [-0.4, -0.2) is 49.6 Å². The Morgan fingerprint density at radius 2 is 2.14 bits per heavy atom. The Morgan fingerprint density at radius 3 is 2.67 bits per heavy atom. The molecule has 1 aromatic rings. The molecule has 7 nitrogen and oxygen atoms in total. The molecular formula is C14H21N3O4. The van der Waals surface area contributed by atoms with Gasteiger partial charge in [0.2, 0.25) is 0 Å². The molecule has 1 amide bonds. The van der Waals surface area contributed by atoms with Crippen LogP contribution < -0.4 is 5.32 Å². The van der Waals surface area contributed by atoms with Crippen molar-refractivity contribution in [3.05, 3.63) is 33.9 Å². The van der Waals surface area contributed by atoms with E-state index in [0.29, 0.717) is 24.3 Å². The Bertz CT molecular complexity index is 517. The number of rotatable bonds is 7. The highest BCUT2D eigenvalue weighted by Gasteiger charge is 2.18. The quantitative estimate of drug-likeness (QED) is 0.615. The van der Waals surface area contributed by atoms with Gasteiger partial charge in [-0.2, -0.15) is 0 Å². The minimum Gasteiger partial charge on any atom is -0.385 e. The molecule has 0 spiro atoms. The topological polar surface area (TPSA) is 84.7 Å². The van der Waals surface area contributed by atoms with Crippen LogP contribution in [-0.2, 0) is 4.74 Å². The first-order valence-corrected chi connectivity index (χ1v) is 6.62. The summed E-state index contributed by atoms with van der Waals surface area (Å²) in [5.41, 5.74) is 0.706. The molecule has 21 heavy (non-hydrogen) atoms. The van der Waals surface area contributed by atoms with Crippen LogP contribution in [0.1, 0.15) is 23.7 Å². The molecule has 1 atom stereocenters. The normalized spacial score (nSPS) is 11.8. The summed E-state index contributed by atoms with van der Waals surface area (Å²) in [6.45, 7) is 2.46. The van der Waals surface area contributed by atoms with Gasteiger partial charge in [0.05, 0.1) is 4.92 Å². The lowest BCUT2D eigenvalue weighted by molar-refractivity contribution is -0.384. The van der Waals surface area contributed by atoms with Gasteiger partial charge in [-0.1, -0.05) is 0 Å². The van der Waals surface area contributed by atoms with Crippen molar-refractivity contribution in [2.45, 2.75) is 19.4 Å². The lowest BCUT2D eigenvalue weighted by Gasteiger charge is -2.16. The van der Waals surface area contributed by atoms with E-state index in [1.807, 2.05) is 6.92 Å². The van der Waals surface area contributed by atoms with Gasteiger partial charge in [0.25, 0.3) is 11.6 Å². The van der Waals surface area contributed by atoms with E-state index in [1.54, 1.807) is 21.2 Å². The van der Waals surface area contributed by atoms with Crippen molar-refractivity contribution in [1.82, 2.24) is 4.90 Å². The monoisotopic (exact) mass is 295 g/mol. The van der Waals surface area contributed by atoms with Gasteiger partial charge in [0, 0.05) is 45.5 Å². The maximum absolute atomic E-state index is 11.9. The third kappa shape index (κ3) is 4.71. The lowest BCUT2D eigenvalue weighted by atomic mass is 10.1. The van der Waals surface area contributed by atoms with Crippen molar-refractivity contribution in [2.75, 3.05) is 33.1 Å². The second-order valence-corrected chi connectivity index (χ2v) is 5.02. The van der Waals surface area contributed by atoms with Crippen molar-refractivity contribution in [2.24, 2.45) is 0 Å². The summed E-state index contributed by atoms with van der Waals surface area (Å²) < 4.78 is 4.99. The van der Waals surface area contributed by atoms with Gasteiger partial charge in [0.15, 0.2) is 0 Å². The molecule has 0 aliphatic carbocycles. The minimum absolute atomic E-state index is 0.00615. The van der Waals surface area contributed by atoms with Crippen LogP contribution in [0.15, 0.2) is 18.2 Å². The number of hydrogen-bond acceptors (Lipinski definition) is 5. The van der Waals surface area contributed by atoms with E-state index in [-0.39, 0.29) is 17.6 Å². The van der Waals surface area contributed by atoms with Crippen LogP contribution in [0, 0.1) is 10.1 Å². The zero-order chi connectivity index (χ0) is 16.0. The molecule has 116 valence electrons. The van der Waals surface area contributed by atoms with Gasteiger partial charge in [-0.25, -0.2) is 0 Å². The fourth-order valence-corrected chi connectivity index (χ4v) is 1.83. The number of nitrogens with zero attached hydrogens (tertiary/aromatic N) is 2. The summed E-state index contributed by atoms with van der Waals surface area (Å²) in [4.78, 5) is 24.0. The molecule has 0 heterocycles. The fraction of sp³-hybridized carbons (Fsp3) is 0.500. The van der Waals surface area contributed by atoms with Gasteiger partial charge >= 0.3 is 0 Å². The van der Waals surface area contributed by atoms with E-state index in [9.17, 15) is 14.9 Å². The second-order valence-electron chi connectivity index (χ2n) is 5.02. The molecule has 0 bridgehead atoms. The zero-order valence-electron chi connectivity index (χ0n) is 12.8. The highest BCUT2D eigenvalue weighted by atomic mass is 16.6. The molecule has 0 fully saturated rings. The number of nitro groups is 1. The Labute approximate surface area is 124 Å². The van der Waals surface area contributed by atoms with Gasteiger partial charge in [-0.3, -0.25) is 14.9 Å². The van der Waals surface area contributed by atoms with Gasteiger partial charge < -0.3 is 15.0 Å². The Hall–Kier alpha value is -2.15. The lowest BCUT2D eigenvalue weighted by Crippen LogP contribution is -2.22.